The van der Waals surface area contributed by atoms with Crippen LogP contribution in [0.1, 0.15) is 52.4 Å². The molecule has 6 heteroatoms. The fourth-order valence-corrected chi connectivity index (χ4v) is 3.16. The summed E-state index contributed by atoms with van der Waals surface area (Å²) < 4.78 is 0. The number of guanidine groups is 1. The molecule has 1 amide bonds. The fraction of sp³-hybridized carbons (Fsp3) is 0.700. The van der Waals surface area contributed by atoms with Crippen LogP contribution in [0.4, 0.5) is 0 Å². The molecule has 0 heterocycles. The Morgan fingerprint density at radius 1 is 1.23 bits per heavy atom. The minimum absolute atomic E-state index is 0.0314. The van der Waals surface area contributed by atoms with Crippen molar-refractivity contribution < 1.29 is 9.90 Å². The molecule has 2 saturated carbocycles. The van der Waals surface area contributed by atoms with Gasteiger partial charge in [0.05, 0.1) is 6.10 Å². The normalized spacial score (nSPS) is 24.2. The Labute approximate surface area is 157 Å². The van der Waals surface area contributed by atoms with E-state index in [0.717, 1.165) is 31.3 Å². The second kappa shape index (κ2) is 9.21. The number of aliphatic hydroxyl groups excluding tert-OH is 1. The third-order valence-electron chi connectivity index (χ3n) is 5.20. The number of carbonyl (C=O) groups is 1. The zero-order chi connectivity index (χ0) is 19.3. The minimum atomic E-state index is -0.264. The number of amides is 1. The number of nitrogens with zero attached hydrogens (tertiary/aromatic N) is 3. The van der Waals surface area contributed by atoms with Crippen molar-refractivity contribution in [1.82, 2.24) is 15.1 Å². The molecule has 2 fully saturated rings. The number of allylic oxidation sites excluding steroid dienone is 1. The summed E-state index contributed by atoms with van der Waals surface area (Å²) in [5, 5.41) is 13.2. The highest BCUT2D eigenvalue weighted by Gasteiger charge is 2.31. The smallest absolute Gasteiger partial charge is 0.254 e. The SMILES string of the molecule is C=C(/N=C(/NCC1CC1)N(C)C)N(C(=O)/C(C)=C/C)C1CCC(O)CC1. The number of aliphatic hydroxyl groups is 1. The van der Waals surface area contributed by atoms with Crippen LogP contribution in [0, 0.1) is 5.92 Å². The molecule has 0 aliphatic heterocycles. The first-order valence-electron chi connectivity index (χ1n) is 9.66. The highest BCUT2D eigenvalue weighted by molar-refractivity contribution is 5.94. The standard InChI is InChI=1S/C20H34N4O2/c1-6-14(2)19(26)24(17-9-11-18(25)12-10-17)15(3)22-20(23(4)5)21-13-16-7-8-16/h6,16-18,25H,3,7-13H2,1-2,4-5H3,(H,21,22)/b14-6+. The van der Waals surface area contributed by atoms with Gasteiger partial charge < -0.3 is 15.3 Å². The Morgan fingerprint density at radius 2 is 1.85 bits per heavy atom. The molecule has 2 aliphatic rings. The lowest BCUT2D eigenvalue weighted by molar-refractivity contribution is -0.128. The predicted molar refractivity (Wildman–Crippen MR) is 106 cm³/mol. The summed E-state index contributed by atoms with van der Waals surface area (Å²) in [6, 6.07) is 0.0314. The second-order valence-corrected chi connectivity index (χ2v) is 7.68. The molecular formula is C20H34N4O2. The number of aliphatic imine (C=N–C) groups is 1. The first kappa shape index (κ1) is 20.5. The van der Waals surface area contributed by atoms with E-state index in [9.17, 15) is 9.90 Å². The van der Waals surface area contributed by atoms with Gasteiger partial charge in [0, 0.05) is 32.3 Å². The summed E-state index contributed by atoms with van der Waals surface area (Å²) in [6.07, 6.45) is 7.05. The van der Waals surface area contributed by atoms with Crippen molar-refractivity contribution in [2.45, 2.75) is 64.5 Å². The molecule has 0 unspecified atom stereocenters. The lowest BCUT2D eigenvalue weighted by Crippen LogP contribution is -2.44. The van der Waals surface area contributed by atoms with Gasteiger partial charge in [0.1, 0.15) is 5.82 Å². The van der Waals surface area contributed by atoms with Crippen LogP contribution in [0.2, 0.25) is 0 Å². The quantitative estimate of drug-likeness (QED) is 0.433. The maximum atomic E-state index is 13.0. The Hall–Kier alpha value is -1.82. The third kappa shape index (κ3) is 5.59. The van der Waals surface area contributed by atoms with Gasteiger partial charge in [-0.1, -0.05) is 12.7 Å². The van der Waals surface area contributed by atoms with Gasteiger partial charge in [-0.05, 0) is 58.3 Å². The number of hydrogen-bond acceptors (Lipinski definition) is 3. The van der Waals surface area contributed by atoms with Crippen LogP contribution in [0.25, 0.3) is 0 Å². The van der Waals surface area contributed by atoms with E-state index in [4.69, 9.17) is 0 Å². The summed E-state index contributed by atoms with van der Waals surface area (Å²) in [5.74, 6) is 1.87. The molecular weight excluding hydrogens is 328 g/mol. The molecule has 146 valence electrons. The zero-order valence-electron chi connectivity index (χ0n) is 16.7. The number of nitrogens with one attached hydrogen (secondary N) is 1. The Kier molecular flexibility index (Phi) is 7.26. The highest BCUT2D eigenvalue weighted by Crippen LogP contribution is 2.28. The summed E-state index contributed by atoms with van der Waals surface area (Å²) in [5.41, 5.74) is 0.685. The molecule has 0 bridgehead atoms. The summed E-state index contributed by atoms with van der Waals surface area (Å²) in [4.78, 5) is 21.3. The maximum absolute atomic E-state index is 13.0. The average Bonchev–Trinajstić information content (AvgIpc) is 3.43. The molecule has 2 N–H and O–H groups in total. The largest absolute Gasteiger partial charge is 0.393 e. The Balaban J connectivity index is 2.19. The number of hydrogen-bond donors (Lipinski definition) is 2. The van der Waals surface area contributed by atoms with Gasteiger partial charge in [0.2, 0.25) is 0 Å². The molecule has 0 atom stereocenters. The van der Waals surface area contributed by atoms with Gasteiger partial charge in [-0.2, -0.15) is 4.99 Å². The van der Waals surface area contributed by atoms with Crippen LogP contribution in [-0.4, -0.2) is 59.6 Å². The van der Waals surface area contributed by atoms with Crippen LogP contribution < -0.4 is 5.32 Å². The molecule has 0 aromatic carbocycles. The van der Waals surface area contributed by atoms with Crippen molar-refractivity contribution in [3.05, 3.63) is 24.0 Å². The lowest BCUT2D eigenvalue weighted by Gasteiger charge is -2.36. The van der Waals surface area contributed by atoms with Crippen LogP contribution in [0.3, 0.4) is 0 Å². The molecule has 0 spiro atoms. The minimum Gasteiger partial charge on any atom is -0.393 e. The Morgan fingerprint density at radius 3 is 2.35 bits per heavy atom. The second-order valence-electron chi connectivity index (χ2n) is 7.68. The van der Waals surface area contributed by atoms with Crippen molar-refractivity contribution in [2.24, 2.45) is 10.9 Å². The summed E-state index contributed by atoms with van der Waals surface area (Å²) >= 11 is 0. The van der Waals surface area contributed by atoms with Crippen LogP contribution in [0.15, 0.2) is 29.0 Å². The van der Waals surface area contributed by atoms with Crippen molar-refractivity contribution in [3.8, 4) is 0 Å². The van der Waals surface area contributed by atoms with Gasteiger partial charge in [0.15, 0.2) is 5.96 Å². The zero-order valence-corrected chi connectivity index (χ0v) is 16.7. The summed E-state index contributed by atoms with van der Waals surface area (Å²) in [7, 11) is 3.87. The number of rotatable bonds is 6. The van der Waals surface area contributed by atoms with Gasteiger partial charge in [0.25, 0.3) is 5.91 Å². The van der Waals surface area contributed by atoms with Crippen molar-refractivity contribution >= 4 is 11.9 Å². The topological polar surface area (TPSA) is 68.2 Å². The average molecular weight is 363 g/mol. The third-order valence-corrected chi connectivity index (χ3v) is 5.20. The van der Waals surface area contributed by atoms with E-state index in [1.807, 2.05) is 38.9 Å². The van der Waals surface area contributed by atoms with Crippen LogP contribution in [0.5, 0.6) is 0 Å². The molecule has 0 saturated heterocycles. The molecule has 0 aromatic rings. The molecule has 0 aromatic heterocycles. The van der Waals surface area contributed by atoms with Crippen molar-refractivity contribution in [1.29, 1.82) is 0 Å². The first-order chi connectivity index (χ1) is 12.3. The predicted octanol–water partition coefficient (Wildman–Crippen LogP) is 2.47. The van der Waals surface area contributed by atoms with Gasteiger partial charge in [-0.3, -0.25) is 9.69 Å². The van der Waals surface area contributed by atoms with Gasteiger partial charge in [-0.25, -0.2) is 0 Å². The lowest BCUT2D eigenvalue weighted by atomic mass is 9.91. The van der Waals surface area contributed by atoms with E-state index in [1.165, 1.54) is 12.8 Å². The van der Waals surface area contributed by atoms with Gasteiger partial charge in [-0.15, -0.1) is 0 Å². The molecule has 26 heavy (non-hydrogen) atoms. The molecule has 2 rings (SSSR count). The molecule has 6 nitrogen and oxygen atoms in total. The highest BCUT2D eigenvalue weighted by atomic mass is 16.3. The van der Waals surface area contributed by atoms with Crippen LogP contribution >= 0.6 is 0 Å². The van der Waals surface area contributed by atoms with Crippen LogP contribution in [-0.2, 0) is 4.79 Å². The molecule has 2 aliphatic carbocycles. The summed E-state index contributed by atoms with van der Waals surface area (Å²) in [6.45, 7) is 8.70. The monoisotopic (exact) mass is 362 g/mol. The first-order valence-corrected chi connectivity index (χ1v) is 9.66. The van der Waals surface area contributed by atoms with Gasteiger partial charge >= 0.3 is 0 Å². The van der Waals surface area contributed by atoms with E-state index in [0.29, 0.717) is 24.2 Å². The van der Waals surface area contributed by atoms with Crippen molar-refractivity contribution in [2.75, 3.05) is 20.6 Å². The number of carbonyl (C=O) groups excluding carboxylic acids is 1. The van der Waals surface area contributed by atoms with E-state index in [2.05, 4.69) is 16.9 Å². The maximum Gasteiger partial charge on any atom is 0.254 e. The molecule has 0 radical (unpaired) electrons. The van der Waals surface area contributed by atoms with E-state index in [1.54, 1.807) is 4.90 Å². The Bertz CT molecular complexity index is 570. The van der Waals surface area contributed by atoms with E-state index >= 15 is 0 Å². The van der Waals surface area contributed by atoms with E-state index < -0.39 is 0 Å². The fourth-order valence-electron chi connectivity index (χ4n) is 3.16. The van der Waals surface area contributed by atoms with E-state index in [-0.39, 0.29) is 18.1 Å². The van der Waals surface area contributed by atoms with Crippen molar-refractivity contribution in [3.63, 3.8) is 0 Å².